The van der Waals surface area contributed by atoms with Crippen LogP contribution >= 0.6 is 11.6 Å². The van der Waals surface area contributed by atoms with Crippen molar-refractivity contribution in [2.75, 3.05) is 17.4 Å². The van der Waals surface area contributed by atoms with Crippen LogP contribution in [-0.4, -0.2) is 32.3 Å². The summed E-state index contributed by atoms with van der Waals surface area (Å²) in [6.45, 7) is 1.53. The van der Waals surface area contributed by atoms with Crippen molar-refractivity contribution in [1.29, 1.82) is 0 Å². The number of rotatable bonds is 6. The number of hydrogen-bond acceptors (Lipinski definition) is 3. The molecule has 1 aliphatic heterocycles. The quantitative estimate of drug-likeness (QED) is 0.449. The zero-order valence-corrected chi connectivity index (χ0v) is 19.9. The van der Waals surface area contributed by atoms with Crippen LogP contribution in [0.25, 0.3) is 0 Å². The van der Waals surface area contributed by atoms with Crippen LogP contribution in [0.15, 0.2) is 83.8 Å². The predicted molar refractivity (Wildman–Crippen MR) is 132 cm³/mol. The summed E-state index contributed by atoms with van der Waals surface area (Å²) < 4.78 is 29.0. The summed E-state index contributed by atoms with van der Waals surface area (Å²) in [4.78, 5) is 15.0. The first-order valence-corrected chi connectivity index (χ1v) is 13.0. The number of para-hydroxylation sites is 1. The molecule has 1 fully saturated rings. The minimum absolute atomic E-state index is 0.0685. The fourth-order valence-electron chi connectivity index (χ4n) is 4.08. The highest BCUT2D eigenvalue weighted by Crippen LogP contribution is 2.32. The van der Waals surface area contributed by atoms with Crippen molar-refractivity contribution in [3.8, 4) is 0 Å². The second-order valence-corrected chi connectivity index (χ2v) is 10.5. The van der Waals surface area contributed by atoms with Crippen LogP contribution in [0.3, 0.4) is 0 Å². The molecule has 0 bridgehead atoms. The zero-order valence-electron chi connectivity index (χ0n) is 18.4. The van der Waals surface area contributed by atoms with E-state index in [1.807, 2.05) is 35.2 Å². The van der Waals surface area contributed by atoms with Gasteiger partial charge >= 0.3 is 0 Å². The molecule has 0 spiro atoms. The Morgan fingerprint density at radius 3 is 2.21 bits per heavy atom. The largest absolute Gasteiger partial charge is 0.339 e. The minimum Gasteiger partial charge on any atom is -0.339 e. The molecule has 3 aromatic carbocycles. The molecule has 1 saturated heterocycles. The lowest BCUT2D eigenvalue weighted by Crippen LogP contribution is -2.33. The van der Waals surface area contributed by atoms with Crippen molar-refractivity contribution >= 4 is 33.2 Å². The number of halogens is 1. The molecule has 172 valence electrons. The van der Waals surface area contributed by atoms with Crippen molar-refractivity contribution in [3.05, 3.63) is 95.0 Å². The van der Waals surface area contributed by atoms with E-state index in [9.17, 15) is 13.2 Å². The van der Waals surface area contributed by atoms with E-state index < -0.39 is 10.0 Å². The Kier molecular flexibility index (Phi) is 7.36. The van der Waals surface area contributed by atoms with Gasteiger partial charge in [0, 0.05) is 18.7 Å². The van der Waals surface area contributed by atoms with Gasteiger partial charge in [-0.05, 0) is 48.7 Å². The number of benzene rings is 3. The summed E-state index contributed by atoms with van der Waals surface area (Å²) >= 11 is 6.41. The first-order valence-electron chi connectivity index (χ1n) is 11.2. The van der Waals surface area contributed by atoms with Gasteiger partial charge in [-0.3, -0.25) is 9.10 Å². The summed E-state index contributed by atoms with van der Waals surface area (Å²) in [5.74, 6) is -0.124. The molecule has 33 heavy (non-hydrogen) atoms. The molecule has 0 unspecified atom stereocenters. The van der Waals surface area contributed by atoms with E-state index in [4.69, 9.17) is 11.6 Å². The van der Waals surface area contributed by atoms with Crippen molar-refractivity contribution in [2.24, 2.45) is 0 Å². The van der Waals surface area contributed by atoms with Crippen LogP contribution in [-0.2, 0) is 16.6 Å². The Hall–Kier alpha value is -2.83. The predicted octanol–water partition coefficient (Wildman–Crippen LogP) is 5.75. The second-order valence-electron chi connectivity index (χ2n) is 8.18. The number of hydrogen-bond donors (Lipinski definition) is 0. The normalized spacial score (nSPS) is 14.5. The number of likely N-dealkylation sites (tertiary alicyclic amines) is 1. The molecule has 3 aromatic rings. The molecule has 0 radical (unpaired) electrons. The van der Waals surface area contributed by atoms with Crippen molar-refractivity contribution in [1.82, 2.24) is 4.90 Å². The summed E-state index contributed by atoms with van der Waals surface area (Å²) in [5, 5.41) is 0.341. The number of carbonyl (C=O) groups is 1. The number of anilines is 1. The SMILES string of the molecule is O=C(c1cccc(S(=O)(=O)N(Cc2ccccc2)c2ccccc2Cl)c1)N1CCCCCC1. The van der Waals surface area contributed by atoms with Gasteiger partial charge in [0.05, 0.1) is 22.2 Å². The Balaban J connectivity index is 1.71. The third-order valence-electron chi connectivity index (χ3n) is 5.85. The monoisotopic (exact) mass is 482 g/mol. The van der Waals surface area contributed by atoms with E-state index in [1.54, 1.807) is 36.4 Å². The van der Waals surface area contributed by atoms with E-state index >= 15 is 0 Å². The molecular weight excluding hydrogens is 456 g/mol. The minimum atomic E-state index is -3.99. The molecule has 5 nitrogen and oxygen atoms in total. The molecule has 1 aliphatic rings. The third-order valence-corrected chi connectivity index (χ3v) is 7.93. The van der Waals surface area contributed by atoms with E-state index in [-0.39, 0.29) is 17.3 Å². The molecule has 1 amide bonds. The molecule has 0 aromatic heterocycles. The number of carbonyl (C=O) groups excluding carboxylic acids is 1. The first kappa shape index (κ1) is 23.3. The first-order chi connectivity index (χ1) is 16.0. The summed E-state index contributed by atoms with van der Waals surface area (Å²) in [6.07, 6.45) is 4.18. The molecule has 0 N–H and O–H groups in total. The van der Waals surface area contributed by atoms with Gasteiger partial charge < -0.3 is 4.90 Å². The van der Waals surface area contributed by atoms with Crippen LogP contribution in [0, 0.1) is 0 Å². The molecule has 1 heterocycles. The van der Waals surface area contributed by atoms with Crippen molar-refractivity contribution < 1.29 is 13.2 Å². The smallest absolute Gasteiger partial charge is 0.264 e. The Bertz CT molecular complexity index is 1210. The van der Waals surface area contributed by atoms with Gasteiger partial charge in [-0.1, -0.05) is 73.0 Å². The summed E-state index contributed by atoms with van der Waals surface area (Å²) in [7, 11) is -3.99. The van der Waals surface area contributed by atoms with Crippen LogP contribution in [0.5, 0.6) is 0 Å². The molecule has 7 heteroatoms. The maximum Gasteiger partial charge on any atom is 0.264 e. The van der Waals surface area contributed by atoms with Gasteiger partial charge in [-0.25, -0.2) is 8.42 Å². The highest BCUT2D eigenvalue weighted by Gasteiger charge is 2.28. The summed E-state index contributed by atoms with van der Waals surface area (Å²) in [6, 6.07) is 22.6. The molecule has 4 rings (SSSR count). The fourth-order valence-corrected chi connectivity index (χ4v) is 5.88. The lowest BCUT2D eigenvalue weighted by Gasteiger charge is -2.26. The van der Waals surface area contributed by atoms with Crippen LogP contribution in [0.4, 0.5) is 5.69 Å². The summed E-state index contributed by atoms with van der Waals surface area (Å²) in [5.41, 5.74) is 1.61. The van der Waals surface area contributed by atoms with Crippen molar-refractivity contribution in [3.63, 3.8) is 0 Å². The Labute approximate surface area is 200 Å². The van der Waals surface area contributed by atoms with Crippen LogP contribution in [0.1, 0.15) is 41.6 Å². The van der Waals surface area contributed by atoms with Crippen molar-refractivity contribution in [2.45, 2.75) is 37.1 Å². The van der Waals surface area contributed by atoms with Gasteiger partial charge in [0.15, 0.2) is 0 Å². The molecule has 0 aliphatic carbocycles. The average Bonchev–Trinajstić information content (AvgIpc) is 3.13. The van der Waals surface area contributed by atoms with E-state index in [2.05, 4.69) is 0 Å². The molecule has 0 atom stereocenters. The van der Waals surface area contributed by atoms with Gasteiger partial charge in [-0.2, -0.15) is 0 Å². The van der Waals surface area contributed by atoms with Gasteiger partial charge in [0.2, 0.25) is 0 Å². The third kappa shape index (κ3) is 5.40. The maximum atomic E-state index is 13.8. The number of amides is 1. The molecule has 0 saturated carbocycles. The fraction of sp³-hybridized carbons (Fsp3) is 0.269. The Morgan fingerprint density at radius 1 is 0.848 bits per heavy atom. The van der Waals surface area contributed by atoms with Gasteiger partial charge in [0.25, 0.3) is 15.9 Å². The number of nitrogens with zero attached hydrogens (tertiary/aromatic N) is 2. The average molecular weight is 483 g/mol. The topological polar surface area (TPSA) is 57.7 Å². The van der Waals surface area contributed by atoms with E-state index in [0.29, 0.717) is 29.4 Å². The second kappa shape index (κ2) is 10.4. The standard InChI is InChI=1S/C26H27ClN2O3S/c27-24-15-6-7-16-25(24)29(20-21-11-4-3-5-12-21)33(31,32)23-14-10-13-22(19-23)26(30)28-17-8-1-2-9-18-28/h3-7,10-16,19H,1-2,8-9,17-18,20H2. The lowest BCUT2D eigenvalue weighted by molar-refractivity contribution is 0.0761. The van der Waals surface area contributed by atoms with Gasteiger partial charge in [0.1, 0.15) is 0 Å². The van der Waals surface area contributed by atoms with Crippen LogP contribution in [0.2, 0.25) is 5.02 Å². The van der Waals surface area contributed by atoms with E-state index in [0.717, 1.165) is 31.2 Å². The molecular formula is C26H27ClN2O3S. The number of sulfonamides is 1. The van der Waals surface area contributed by atoms with Crippen LogP contribution < -0.4 is 4.31 Å². The van der Waals surface area contributed by atoms with Gasteiger partial charge in [-0.15, -0.1) is 0 Å². The zero-order chi connectivity index (χ0) is 23.3. The van der Waals surface area contributed by atoms with E-state index in [1.165, 1.54) is 16.4 Å². The highest BCUT2D eigenvalue weighted by atomic mass is 35.5. The Morgan fingerprint density at radius 2 is 1.52 bits per heavy atom. The highest BCUT2D eigenvalue weighted by molar-refractivity contribution is 7.92. The lowest BCUT2D eigenvalue weighted by atomic mass is 10.2. The maximum absolute atomic E-state index is 13.8.